The lowest BCUT2D eigenvalue weighted by Gasteiger charge is -2.34. The molecule has 7 nitrogen and oxygen atoms in total. The summed E-state index contributed by atoms with van der Waals surface area (Å²) in [5, 5.41) is 2.93. The fourth-order valence-electron chi connectivity index (χ4n) is 4.94. The zero-order chi connectivity index (χ0) is 31.9. The molecule has 230 valence electrons. The second-order valence-electron chi connectivity index (χ2n) is 11.1. The molecule has 0 aromatic heterocycles. The Bertz CT molecular complexity index is 1680. The van der Waals surface area contributed by atoms with Crippen molar-refractivity contribution >= 4 is 27.5 Å². The first-order chi connectivity index (χ1) is 21.0. The molecule has 0 bridgehead atoms. The summed E-state index contributed by atoms with van der Waals surface area (Å²) in [6.07, 6.45) is 0.196. The standard InChI is InChI=1S/C35H38FN3O4S/c1-25(2)37-35(41)33(22-28-11-7-5-8-12-28)38(23-29-17-19-30(36)20-18-29)34(40)24-39(32-21-26(3)15-16-27(32)4)44(42,43)31-13-9-6-10-14-31/h5-21,25,33H,22-24H2,1-4H3,(H,37,41). The molecule has 1 atom stereocenters. The average Bonchev–Trinajstić information content (AvgIpc) is 3.00. The molecule has 1 unspecified atom stereocenters. The Balaban J connectivity index is 1.82. The van der Waals surface area contributed by atoms with Gasteiger partial charge in [0.1, 0.15) is 18.4 Å². The van der Waals surface area contributed by atoms with Gasteiger partial charge in [-0.3, -0.25) is 13.9 Å². The fraction of sp³-hybridized carbons (Fsp3) is 0.257. The van der Waals surface area contributed by atoms with Crippen molar-refractivity contribution < 1.29 is 22.4 Å². The number of amides is 2. The molecule has 1 N–H and O–H groups in total. The molecule has 0 saturated carbocycles. The summed E-state index contributed by atoms with van der Waals surface area (Å²) < 4.78 is 43.2. The number of aryl methyl sites for hydroxylation is 2. The highest BCUT2D eigenvalue weighted by Gasteiger charge is 2.35. The van der Waals surface area contributed by atoms with Gasteiger partial charge in [-0.1, -0.05) is 72.8 Å². The minimum absolute atomic E-state index is 0.0336. The van der Waals surface area contributed by atoms with Crippen LogP contribution in [0.3, 0.4) is 0 Å². The lowest BCUT2D eigenvalue weighted by molar-refractivity contribution is -0.140. The zero-order valence-corrected chi connectivity index (χ0v) is 26.2. The number of benzene rings is 4. The minimum atomic E-state index is -4.19. The molecule has 44 heavy (non-hydrogen) atoms. The molecule has 4 aromatic carbocycles. The number of nitrogens with one attached hydrogen (secondary N) is 1. The van der Waals surface area contributed by atoms with E-state index in [2.05, 4.69) is 5.32 Å². The van der Waals surface area contributed by atoms with E-state index in [4.69, 9.17) is 0 Å². The Kier molecular flexibility index (Phi) is 10.5. The van der Waals surface area contributed by atoms with Gasteiger partial charge in [-0.25, -0.2) is 12.8 Å². The van der Waals surface area contributed by atoms with Crippen LogP contribution in [0.5, 0.6) is 0 Å². The number of nitrogens with zero attached hydrogens (tertiary/aromatic N) is 2. The monoisotopic (exact) mass is 615 g/mol. The summed E-state index contributed by atoms with van der Waals surface area (Å²) >= 11 is 0. The average molecular weight is 616 g/mol. The van der Waals surface area contributed by atoms with Gasteiger partial charge < -0.3 is 10.2 Å². The van der Waals surface area contributed by atoms with Crippen molar-refractivity contribution in [2.75, 3.05) is 10.8 Å². The number of carbonyl (C=O) groups excluding carboxylic acids is 2. The highest BCUT2D eigenvalue weighted by atomic mass is 32.2. The second-order valence-corrected chi connectivity index (χ2v) is 13.0. The van der Waals surface area contributed by atoms with Crippen molar-refractivity contribution in [1.29, 1.82) is 0 Å². The third kappa shape index (κ3) is 8.11. The summed E-state index contributed by atoms with van der Waals surface area (Å²) in [5.74, 6) is -1.38. The minimum Gasteiger partial charge on any atom is -0.352 e. The molecule has 2 amide bonds. The first-order valence-corrected chi connectivity index (χ1v) is 15.9. The Labute approximate surface area is 259 Å². The van der Waals surface area contributed by atoms with Gasteiger partial charge in [0.2, 0.25) is 11.8 Å². The van der Waals surface area contributed by atoms with E-state index in [0.29, 0.717) is 16.8 Å². The van der Waals surface area contributed by atoms with Crippen LogP contribution in [0.2, 0.25) is 0 Å². The Morgan fingerprint density at radius 3 is 2.05 bits per heavy atom. The van der Waals surface area contributed by atoms with Crippen LogP contribution in [0.15, 0.2) is 108 Å². The van der Waals surface area contributed by atoms with E-state index in [9.17, 15) is 22.4 Å². The SMILES string of the molecule is Cc1ccc(C)c(N(CC(=O)N(Cc2ccc(F)cc2)C(Cc2ccccc2)C(=O)NC(C)C)S(=O)(=O)c2ccccc2)c1. The number of halogens is 1. The van der Waals surface area contributed by atoms with Crippen molar-refractivity contribution in [3.63, 3.8) is 0 Å². The molecule has 0 aliphatic carbocycles. The topological polar surface area (TPSA) is 86.8 Å². The van der Waals surface area contributed by atoms with E-state index in [1.807, 2.05) is 63.2 Å². The molecular formula is C35H38FN3O4S. The third-order valence-corrected chi connectivity index (χ3v) is 8.99. The predicted molar refractivity (Wildman–Crippen MR) is 171 cm³/mol. The summed E-state index contributed by atoms with van der Waals surface area (Å²) in [5.41, 5.74) is 3.30. The molecule has 0 spiro atoms. The molecule has 0 saturated heterocycles. The van der Waals surface area contributed by atoms with Gasteiger partial charge in [-0.2, -0.15) is 0 Å². The highest BCUT2D eigenvalue weighted by molar-refractivity contribution is 7.92. The lowest BCUT2D eigenvalue weighted by Crippen LogP contribution is -2.54. The Hall–Kier alpha value is -4.50. The van der Waals surface area contributed by atoms with Crippen molar-refractivity contribution in [3.8, 4) is 0 Å². The first-order valence-electron chi connectivity index (χ1n) is 14.5. The number of anilines is 1. The van der Waals surface area contributed by atoms with E-state index in [0.717, 1.165) is 15.4 Å². The van der Waals surface area contributed by atoms with Crippen LogP contribution in [-0.4, -0.2) is 43.8 Å². The van der Waals surface area contributed by atoms with Crippen LogP contribution < -0.4 is 9.62 Å². The number of carbonyl (C=O) groups is 2. The maximum absolute atomic E-state index is 14.5. The molecule has 0 aliphatic rings. The first kappa shape index (κ1) is 32.4. The normalized spacial score (nSPS) is 12.0. The van der Waals surface area contributed by atoms with E-state index in [-0.39, 0.29) is 29.8 Å². The second kappa shape index (κ2) is 14.3. The van der Waals surface area contributed by atoms with Crippen molar-refractivity contribution in [2.45, 2.75) is 57.6 Å². The van der Waals surface area contributed by atoms with Gasteiger partial charge in [0, 0.05) is 19.0 Å². The summed E-state index contributed by atoms with van der Waals surface area (Å²) in [4.78, 5) is 29.6. The lowest BCUT2D eigenvalue weighted by atomic mass is 10.0. The van der Waals surface area contributed by atoms with E-state index >= 15 is 0 Å². The Morgan fingerprint density at radius 1 is 0.818 bits per heavy atom. The molecular weight excluding hydrogens is 577 g/mol. The molecule has 0 heterocycles. The molecule has 0 aliphatic heterocycles. The van der Waals surface area contributed by atoms with E-state index in [1.165, 1.54) is 29.2 Å². The fourth-order valence-corrected chi connectivity index (χ4v) is 6.43. The van der Waals surface area contributed by atoms with Gasteiger partial charge in [0.15, 0.2) is 0 Å². The highest BCUT2D eigenvalue weighted by Crippen LogP contribution is 2.29. The zero-order valence-electron chi connectivity index (χ0n) is 25.4. The maximum atomic E-state index is 14.5. The van der Waals surface area contributed by atoms with Crippen molar-refractivity contribution in [3.05, 3.63) is 131 Å². The van der Waals surface area contributed by atoms with Crippen molar-refractivity contribution in [2.24, 2.45) is 0 Å². The molecule has 4 rings (SSSR count). The summed E-state index contributed by atoms with van der Waals surface area (Å²) in [6.45, 7) is 6.72. The van der Waals surface area contributed by atoms with E-state index in [1.54, 1.807) is 43.3 Å². The van der Waals surface area contributed by atoms with Crippen LogP contribution in [0.25, 0.3) is 0 Å². The van der Waals surface area contributed by atoms with Crippen LogP contribution in [0.4, 0.5) is 10.1 Å². The van der Waals surface area contributed by atoms with Crippen LogP contribution in [0, 0.1) is 19.7 Å². The van der Waals surface area contributed by atoms with Gasteiger partial charge in [-0.15, -0.1) is 0 Å². The summed E-state index contributed by atoms with van der Waals surface area (Å²) in [7, 11) is -4.19. The van der Waals surface area contributed by atoms with E-state index < -0.39 is 34.3 Å². The van der Waals surface area contributed by atoms with Crippen molar-refractivity contribution in [1.82, 2.24) is 10.2 Å². The van der Waals surface area contributed by atoms with Gasteiger partial charge in [-0.05, 0) is 80.3 Å². The number of hydrogen-bond donors (Lipinski definition) is 1. The van der Waals surface area contributed by atoms with Gasteiger partial charge >= 0.3 is 0 Å². The summed E-state index contributed by atoms with van der Waals surface area (Å²) in [6, 6.07) is 27.2. The maximum Gasteiger partial charge on any atom is 0.264 e. The smallest absolute Gasteiger partial charge is 0.264 e. The number of rotatable bonds is 12. The quantitative estimate of drug-likeness (QED) is 0.218. The molecule has 0 fully saturated rings. The molecule has 4 aromatic rings. The van der Waals surface area contributed by atoms with Crippen LogP contribution in [0.1, 0.15) is 36.1 Å². The van der Waals surface area contributed by atoms with Gasteiger partial charge in [0.05, 0.1) is 10.6 Å². The van der Waals surface area contributed by atoms with Crippen LogP contribution >= 0.6 is 0 Å². The number of hydrogen-bond acceptors (Lipinski definition) is 4. The van der Waals surface area contributed by atoms with Gasteiger partial charge in [0.25, 0.3) is 10.0 Å². The largest absolute Gasteiger partial charge is 0.352 e. The predicted octanol–water partition coefficient (Wildman–Crippen LogP) is 5.80. The molecule has 0 radical (unpaired) electrons. The Morgan fingerprint density at radius 2 is 1.43 bits per heavy atom. The third-order valence-electron chi connectivity index (χ3n) is 7.21. The van der Waals surface area contributed by atoms with Crippen LogP contribution in [-0.2, 0) is 32.6 Å². The number of sulfonamides is 1. The molecule has 9 heteroatoms.